The van der Waals surface area contributed by atoms with Crippen molar-refractivity contribution in [3.63, 3.8) is 0 Å². The van der Waals surface area contributed by atoms with Crippen LogP contribution in [0.25, 0.3) is 0 Å². The molecule has 1 saturated carbocycles. The molecule has 1 aliphatic carbocycles. The van der Waals surface area contributed by atoms with Gasteiger partial charge in [-0.2, -0.15) is 0 Å². The predicted molar refractivity (Wildman–Crippen MR) is 101 cm³/mol. The average molecular weight is 359 g/mol. The van der Waals surface area contributed by atoms with Crippen LogP contribution in [0.4, 0.5) is 0 Å². The molecule has 0 radical (unpaired) electrons. The standard InChI is InChI=1S/C20H26N2O2S/c1-13-7-6-8-16(11-13)21-20(23)17-9-4-5-10-19(17)25-12-18-14(2)22-24-15(18)3/h4-5,9-10,13,16H,6-8,11-12H2,1-3H3,(H,21,23). The number of hydrogen-bond donors (Lipinski definition) is 1. The Hall–Kier alpha value is -1.75. The number of carbonyl (C=O) groups is 1. The second-order valence-electron chi connectivity index (χ2n) is 7.03. The zero-order chi connectivity index (χ0) is 17.8. The summed E-state index contributed by atoms with van der Waals surface area (Å²) in [5.41, 5.74) is 2.79. The van der Waals surface area contributed by atoms with Gasteiger partial charge in [0.1, 0.15) is 5.76 Å². The van der Waals surface area contributed by atoms with Crippen LogP contribution in [0.15, 0.2) is 33.7 Å². The third kappa shape index (κ3) is 4.46. The van der Waals surface area contributed by atoms with Crippen molar-refractivity contribution in [1.82, 2.24) is 10.5 Å². The average Bonchev–Trinajstić information content (AvgIpc) is 2.91. The summed E-state index contributed by atoms with van der Waals surface area (Å²) >= 11 is 1.66. The lowest BCUT2D eigenvalue weighted by Gasteiger charge is -2.27. The van der Waals surface area contributed by atoms with E-state index in [-0.39, 0.29) is 5.91 Å². The molecule has 25 heavy (non-hydrogen) atoms. The first-order valence-corrected chi connectivity index (χ1v) is 9.97. The van der Waals surface area contributed by atoms with Crippen molar-refractivity contribution in [2.24, 2.45) is 5.92 Å². The molecule has 1 heterocycles. The molecular weight excluding hydrogens is 332 g/mol. The van der Waals surface area contributed by atoms with E-state index in [0.717, 1.165) is 46.1 Å². The first-order chi connectivity index (χ1) is 12.0. The third-order valence-electron chi connectivity index (χ3n) is 4.96. The fraction of sp³-hybridized carbons (Fsp3) is 0.500. The molecule has 2 atom stereocenters. The molecule has 4 nitrogen and oxygen atoms in total. The van der Waals surface area contributed by atoms with Gasteiger partial charge in [-0.1, -0.05) is 37.1 Å². The van der Waals surface area contributed by atoms with Gasteiger partial charge in [-0.15, -0.1) is 11.8 Å². The van der Waals surface area contributed by atoms with E-state index in [1.807, 2.05) is 38.1 Å². The van der Waals surface area contributed by atoms with Gasteiger partial charge in [0, 0.05) is 22.3 Å². The number of nitrogens with zero attached hydrogens (tertiary/aromatic N) is 1. The van der Waals surface area contributed by atoms with Crippen LogP contribution in [0.1, 0.15) is 60.0 Å². The van der Waals surface area contributed by atoms with Crippen molar-refractivity contribution in [3.8, 4) is 0 Å². The lowest BCUT2D eigenvalue weighted by Crippen LogP contribution is -2.38. The smallest absolute Gasteiger partial charge is 0.252 e. The van der Waals surface area contributed by atoms with Crippen molar-refractivity contribution >= 4 is 17.7 Å². The Morgan fingerprint density at radius 2 is 2.12 bits per heavy atom. The largest absolute Gasteiger partial charge is 0.361 e. The fourth-order valence-corrected chi connectivity index (χ4v) is 4.67. The van der Waals surface area contributed by atoms with E-state index >= 15 is 0 Å². The van der Waals surface area contributed by atoms with Crippen LogP contribution in [-0.2, 0) is 5.75 Å². The minimum atomic E-state index is 0.0426. The molecular formula is C20H26N2O2S. The van der Waals surface area contributed by atoms with Crippen molar-refractivity contribution in [2.75, 3.05) is 0 Å². The van der Waals surface area contributed by atoms with Gasteiger partial charge in [0.15, 0.2) is 0 Å². The van der Waals surface area contributed by atoms with Gasteiger partial charge in [0.2, 0.25) is 0 Å². The number of nitrogens with one attached hydrogen (secondary N) is 1. The van der Waals surface area contributed by atoms with E-state index in [1.165, 1.54) is 12.8 Å². The molecule has 1 aliphatic rings. The maximum Gasteiger partial charge on any atom is 0.252 e. The number of aromatic nitrogens is 1. The first kappa shape index (κ1) is 18.1. The van der Waals surface area contributed by atoms with Crippen LogP contribution in [0.5, 0.6) is 0 Å². The van der Waals surface area contributed by atoms with Crippen LogP contribution in [0.3, 0.4) is 0 Å². The summed E-state index contributed by atoms with van der Waals surface area (Å²) in [5.74, 6) is 2.35. The number of aryl methyl sites for hydroxylation is 2. The van der Waals surface area contributed by atoms with E-state index in [2.05, 4.69) is 17.4 Å². The van der Waals surface area contributed by atoms with Gasteiger partial charge in [-0.05, 0) is 44.7 Å². The molecule has 3 rings (SSSR count). The second kappa shape index (κ2) is 8.09. The molecule has 2 aromatic rings. The highest BCUT2D eigenvalue weighted by molar-refractivity contribution is 7.98. The number of thioether (sulfide) groups is 1. The molecule has 1 aromatic heterocycles. The lowest BCUT2D eigenvalue weighted by molar-refractivity contribution is 0.0918. The van der Waals surface area contributed by atoms with Gasteiger partial charge in [0.05, 0.1) is 11.3 Å². The van der Waals surface area contributed by atoms with Crippen molar-refractivity contribution in [1.29, 1.82) is 0 Å². The highest BCUT2D eigenvalue weighted by Crippen LogP contribution is 2.29. The summed E-state index contributed by atoms with van der Waals surface area (Å²) in [6.07, 6.45) is 4.65. The van der Waals surface area contributed by atoms with Crippen LogP contribution >= 0.6 is 11.8 Å². The minimum Gasteiger partial charge on any atom is -0.361 e. The zero-order valence-corrected chi connectivity index (χ0v) is 16.0. The molecule has 0 bridgehead atoms. The molecule has 134 valence electrons. The normalized spacial score (nSPS) is 20.4. The third-order valence-corrected chi connectivity index (χ3v) is 6.06. The lowest BCUT2D eigenvalue weighted by atomic mass is 9.87. The zero-order valence-electron chi connectivity index (χ0n) is 15.2. The van der Waals surface area contributed by atoms with Gasteiger partial charge < -0.3 is 9.84 Å². The minimum absolute atomic E-state index is 0.0426. The van der Waals surface area contributed by atoms with E-state index in [9.17, 15) is 4.79 Å². The van der Waals surface area contributed by atoms with Crippen LogP contribution in [-0.4, -0.2) is 17.1 Å². The maximum atomic E-state index is 12.8. The topological polar surface area (TPSA) is 55.1 Å². The molecule has 5 heteroatoms. The molecule has 0 spiro atoms. The maximum absolute atomic E-state index is 12.8. The molecule has 0 saturated heterocycles. The Balaban J connectivity index is 1.68. The van der Waals surface area contributed by atoms with Gasteiger partial charge in [0.25, 0.3) is 5.91 Å². The Morgan fingerprint density at radius 1 is 1.32 bits per heavy atom. The molecule has 1 fully saturated rings. The highest BCUT2D eigenvalue weighted by atomic mass is 32.2. The molecule has 1 aromatic carbocycles. The van der Waals surface area contributed by atoms with Crippen molar-refractivity contribution < 1.29 is 9.32 Å². The summed E-state index contributed by atoms with van der Waals surface area (Å²) in [6, 6.07) is 8.14. The van der Waals surface area contributed by atoms with E-state index in [4.69, 9.17) is 4.52 Å². The summed E-state index contributed by atoms with van der Waals surface area (Å²) in [7, 11) is 0. The highest BCUT2D eigenvalue weighted by Gasteiger charge is 2.22. The molecule has 2 unspecified atom stereocenters. The summed E-state index contributed by atoms with van der Waals surface area (Å²) < 4.78 is 5.23. The molecule has 1 amide bonds. The first-order valence-electron chi connectivity index (χ1n) is 8.99. The van der Waals surface area contributed by atoms with Crippen LogP contribution in [0, 0.1) is 19.8 Å². The molecule has 0 aliphatic heterocycles. The number of carbonyl (C=O) groups excluding carboxylic acids is 1. The number of hydrogen-bond acceptors (Lipinski definition) is 4. The van der Waals surface area contributed by atoms with Gasteiger partial charge in [-0.25, -0.2) is 0 Å². The van der Waals surface area contributed by atoms with Crippen LogP contribution < -0.4 is 5.32 Å². The Kier molecular flexibility index (Phi) is 5.84. The fourth-order valence-electron chi connectivity index (χ4n) is 3.47. The quantitative estimate of drug-likeness (QED) is 0.773. The number of rotatable bonds is 5. The molecule has 1 N–H and O–H groups in total. The number of amides is 1. The van der Waals surface area contributed by atoms with Gasteiger partial charge >= 0.3 is 0 Å². The SMILES string of the molecule is Cc1noc(C)c1CSc1ccccc1C(=O)NC1CCCC(C)C1. The predicted octanol–water partition coefficient (Wildman–Crippen LogP) is 4.89. The van der Waals surface area contributed by atoms with Crippen molar-refractivity contribution in [3.05, 3.63) is 46.8 Å². The van der Waals surface area contributed by atoms with Gasteiger partial charge in [-0.3, -0.25) is 4.79 Å². The van der Waals surface area contributed by atoms with E-state index in [0.29, 0.717) is 12.0 Å². The number of benzene rings is 1. The van der Waals surface area contributed by atoms with E-state index < -0.39 is 0 Å². The van der Waals surface area contributed by atoms with Crippen molar-refractivity contribution in [2.45, 2.75) is 63.1 Å². The second-order valence-corrected chi connectivity index (χ2v) is 8.05. The Bertz CT molecular complexity index is 722. The van der Waals surface area contributed by atoms with Crippen LogP contribution in [0.2, 0.25) is 0 Å². The van der Waals surface area contributed by atoms with E-state index in [1.54, 1.807) is 11.8 Å². The Morgan fingerprint density at radius 3 is 2.84 bits per heavy atom. The Labute approximate surface area is 153 Å². The summed E-state index contributed by atoms with van der Waals surface area (Å²) in [6.45, 7) is 6.15. The summed E-state index contributed by atoms with van der Waals surface area (Å²) in [5, 5.41) is 7.24. The monoisotopic (exact) mass is 358 g/mol. The summed E-state index contributed by atoms with van der Waals surface area (Å²) in [4.78, 5) is 13.8.